The van der Waals surface area contributed by atoms with Gasteiger partial charge in [-0.2, -0.15) is 0 Å². The first-order valence-corrected chi connectivity index (χ1v) is 8.60. The minimum absolute atomic E-state index is 0.290. The van der Waals surface area contributed by atoms with E-state index in [0.29, 0.717) is 5.57 Å². The van der Waals surface area contributed by atoms with E-state index in [1.54, 1.807) is 18.0 Å². The first kappa shape index (κ1) is 15.0. The summed E-state index contributed by atoms with van der Waals surface area (Å²) in [5.74, 6) is -0.290. The van der Waals surface area contributed by atoms with Crippen molar-refractivity contribution in [1.82, 2.24) is 9.55 Å². The van der Waals surface area contributed by atoms with E-state index in [2.05, 4.69) is 21.7 Å². The summed E-state index contributed by atoms with van der Waals surface area (Å²) >= 11 is 1.59. The zero-order chi connectivity index (χ0) is 16.5. The van der Waals surface area contributed by atoms with E-state index in [1.807, 2.05) is 36.4 Å². The van der Waals surface area contributed by atoms with E-state index < -0.39 is 0 Å². The van der Waals surface area contributed by atoms with Crippen LogP contribution in [0, 0.1) is 0 Å². The molecule has 1 aromatic carbocycles. The van der Waals surface area contributed by atoms with Crippen LogP contribution in [0.15, 0.2) is 64.7 Å². The van der Waals surface area contributed by atoms with E-state index in [0.717, 1.165) is 39.5 Å². The highest BCUT2D eigenvalue weighted by atomic mass is 32.2. The number of hydrogen-bond donors (Lipinski definition) is 0. The van der Waals surface area contributed by atoms with Crippen LogP contribution in [0.3, 0.4) is 0 Å². The van der Waals surface area contributed by atoms with E-state index in [1.165, 1.54) is 7.11 Å². The lowest BCUT2D eigenvalue weighted by Crippen LogP contribution is -2.14. The molecule has 0 bridgehead atoms. The van der Waals surface area contributed by atoms with Crippen LogP contribution in [0.2, 0.25) is 0 Å². The van der Waals surface area contributed by atoms with E-state index >= 15 is 0 Å². The van der Waals surface area contributed by atoms with Gasteiger partial charge in [0, 0.05) is 28.5 Å². The Labute approximate surface area is 144 Å². The highest BCUT2D eigenvalue weighted by Crippen LogP contribution is 2.42. The smallest absolute Gasteiger partial charge is 0.339 e. The molecule has 0 fully saturated rings. The van der Waals surface area contributed by atoms with Crippen LogP contribution in [0.25, 0.3) is 16.5 Å². The van der Waals surface area contributed by atoms with Crippen LogP contribution in [0.4, 0.5) is 0 Å². The lowest BCUT2D eigenvalue weighted by Gasteiger charge is -2.17. The Morgan fingerprint density at radius 1 is 1.21 bits per heavy atom. The molecule has 120 valence electrons. The molecule has 0 N–H and O–H groups in total. The number of rotatable bonds is 3. The average molecular weight is 336 g/mol. The van der Waals surface area contributed by atoms with Gasteiger partial charge in [-0.3, -0.25) is 0 Å². The largest absolute Gasteiger partial charge is 0.465 e. The van der Waals surface area contributed by atoms with Gasteiger partial charge in [-0.25, -0.2) is 9.78 Å². The summed E-state index contributed by atoms with van der Waals surface area (Å²) in [6.45, 7) is 0.860. The Morgan fingerprint density at radius 2 is 2.04 bits per heavy atom. The van der Waals surface area contributed by atoms with Gasteiger partial charge in [0.25, 0.3) is 0 Å². The zero-order valence-electron chi connectivity index (χ0n) is 13.2. The molecule has 1 aliphatic rings. The standard InChI is InChI=1S/C19H16N2O2S/c1-23-19(22)14-8-6-12-21-15-9-3-2-7-13(15)18(17(14)21)24-16-10-4-5-11-20-16/h2-5,7-11H,6,12H2,1H3. The van der Waals surface area contributed by atoms with Gasteiger partial charge in [0.2, 0.25) is 0 Å². The van der Waals surface area contributed by atoms with Gasteiger partial charge >= 0.3 is 5.97 Å². The maximum atomic E-state index is 12.3. The van der Waals surface area contributed by atoms with E-state index in [-0.39, 0.29) is 5.97 Å². The Kier molecular flexibility index (Phi) is 3.86. The summed E-state index contributed by atoms with van der Waals surface area (Å²) in [7, 11) is 1.43. The van der Waals surface area contributed by atoms with Crippen LogP contribution < -0.4 is 0 Å². The number of aryl methyl sites for hydroxylation is 1. The number of aromatic nitrogens is 2. The van der Waals surface area contributed by atoms with Crippen molar-refractivity contribution in [1.29, 1.82) is 0 Å². The fourth-order valence-corrected chi connectivity index (χ4v) is 4.18. The molecule has 0 saturated carbocycles. The van der Waals surface area contributed by atoms with Gasteiger partial charge in [0.1, 0.15) is 5.03 Å². The highest BCUT2D eigenvalue weighted by molar-refractivity contribution is 7.99. The number of hydrogen-bond acceptors (Lipinski definition) is 4. The number of pyridine rings is 1. The van der Waals surface area contributed by atoms with E-state index in [9.17, 15) is 4.79 Å². The normalized spacial score (nSPS) is 13.5. The minimum atomic E-state index is -0.290. The molecule has 1 aliphatic heterocycles. The van der Waals surface area contributed by atoms with Gasteiger partial charge in [-0.05, 0) is 24.6 Å². The second-order valence-electron chi connectivity index (χ2n) is 5.51. The molecular weight excluding hydrogens is 320 g/mol. The summed E-state index contributed by atoms with van der Waals surface area (Å²) < 4.78 is 7.22. The number of benzene rings is 1. The quantitative estimate of drug-likeness (QED) is 0.674. The highest BCUT2D eigenvalue weighted by Gasteiger charge is 2.27. The van der Waals surface area contributed by atoms with Crippen molar-refractivity contribution in [2.24, 2.45) is 0 Å². The van der Waals surface area contributed by atoms with Gasteiger partial charge in [-0.1, -0.05) is 42.1 Å². The fraction of sp³-hybridized carbons (Fsp3) is 0.158. The van der Waals surface area contributed by atoms with E-state index in [4.69, 9.17) is 4.74 Å². The summed E-state index contributed by atoms with van der Waals surface area (Å²) in [4.78, 5) is 17.8. The number of esters is 1. The number of carbonyl (C=O) groups excluding carboxylic acids is 1. The van der Waals surface area contributed by atoms with Crippen LogP contribution >= 0.6 is 11.8 Å². The number of methoxy groups -OCH3 is 1. The number of fused-ring (bicyclic) bond motifs is 3. The van der Waals surface area contributed by atoms with Crippen molar-refractivity contribution in [2.45, 2.75) is 22.9 Å². The first-order valence-electron chi connectivity index (χ1n) is 7.78. The maximum absolute atomic E-state index is 12.3. The van der Waals surface area contributed by atoms with Crippen molar-refractivity contribution >= 4 is 34.2 Å². The maximum Gasteiger partial charge on any atom is 0.339 e. The molecule has 4 rings (SSSR count). The third-order valence-electron chi connectivity index (χ3n) is 4.13. The molecule has 4 nitrogen and oxygen atoms in total. The summed E-state index contributed by atoms with van der Waals surface area (Å²) in [6.07, 6.45) is 4.58. The second kappa shape index (κ2) is 6.17. The van der Waals surface area contributed by atoms with Gasteiger partial charge in [-0.15, -0.1) is 0 Å². The molecule has 0 aliphatic carbocycles. The molecule has 0 spiro atoms. The molecule has 0 radical (unpaired) electrons. The number of carbonyl (C=O) groups is 1. The second-order valence-corrected chi connectivity index (χ2v) is 6.55. The third-order valence-corrected chi connectivity index (χ3v) is 5.20. The lowest BCUT2D eigenvalue weighted by molar-refractivity contribution is -0.133. The molecule has 3 aromatic rings. The Morgan fingerprint density at radius 3 is 2.83 bits per heavy atom. The predicted octanol–water partition coefficient (Wildman–Crippen LogP) is 4.15. The Balaban J connectivity index is 1.95. The molecule has 0 saturated heterocycles. The summed E-state index contributed by atoms with van der Waals surface area (Å²) in [5, 5.41) is 2.05. The number of ether oxygens (including phenoxy) is 1. The summed E-state index contributed by atoms with van der Waals surface area (Å²) in [6, 6.07) is 14.1. The van der Waals surface area contributed by atoms with Crippen LogP contribution in [-0.4, -0.2) is 22.6 Å². The van der Waals surface area contributed by atoms with Crippen molar-refractivity contribution < 1.29 is 9.53 Å². The molecule has 3 heterocycles. The van der Waals surface area contributed by atoms with Gasteiger partial charge < -0.3 is 9.30 Å². The number of para-hydroxylation sites is 1. The van der Waals surface area contributed by atoms with Gasteiger partial charge in [0.05, 0.1) is 18.4 Å². The van der Waals surface area contributed by atoms with Crippen molar-refractivity contribution in [3.63, 3.8) is 0 Å². The molecule has 0 unspecified atom stereocenters. The minimum Gasteiger partial charge on any atom is -0.465 e. The predicted molar refractivity (Wildman–Crippen MR) is 94.9 cm³/mol. The molecular formula is C19H16N2O2S. The molecule has 2 aromatic heterocycles. The lowest BCUT2D eigenvalue weighted by atomic mass is 10.1. The number of allylic oxidation sites excluding steroid dienone is 1. The zero-order valence-corrected chi connectivity index (χ0v) is 14.0. The number of nitrogens with zero attached hydrogens (tertiary/aromatic N) is 2. The monoisotopic (exact) mass is 336 g/mol. The molecule has 0 atom stereocenters. The topological polar surface area (TPSA) is 44.1 Å². The van der Waals surface area contributed by atoms with Crippen LogP contribution in [-0.2, 0) is 16.1 Å². The van der Waals surface area contributed by atoms with Crippen molar-refractivity contribution in [2.75, 3.05) is 7.11 Å². The fourth-order valence-electron chi connectivity index (χ4n) is 3.11. The molecule has 5 heteroatoms. The molecule has 24 heavy (non-hydrogen) atoms. The molecule has 0 amide bonds. The van der Waals surface area contributed by atoms with Crippen LogP contribution in [0.1, 0.15) is 12.1 Å². The third kappa shape index (κ3) is 2.41. The average Bonchev–Trinajstić information content (AvgIpc) is 2.96. The van der Waals surface area contributed by atoms with Crippen molar-refractivity contribution in [3.8, 4) is 0 Å². The summed E-state index contributed by atoms with van der Waals surface area (Å²) in [5.41, 5.74) is 2.71. The first-order chi connectivity index (χ1) is 11.8. The van der Waals surface area contributed by atoms with Crippen molar-refractivity contribution in [3.05, 3.63) is 60.4 Å². The Hall–Kier alpha value is -2.53. The SMILES string of the molecule is COC(=O)C1=CCCn2c1c(Sc1ccccn1)c1ccccc12. The Bertz CT molecular complexity index is 945. The van der Waals surface area contributed by atoms with Crippen LogP contribution in [0.5, 0.6) is 0 Å². The van der Waals surface area contributed by atoms with Gasteiger partial charge in [0.15, 0.2) is 0 Å².